The molecule has 1 atom stereocenters. The van der Waals surface area contributed by atoms with Crippen LogP contribution in [-0.2, 0) is 0 Å². The summed E-state index contributed by atoms with van der Waals surface area (Å²) in [6.45, 7) is 3.72. The maximum atomic E-state index is 12.8. The molecule has 0 radical (unpaired) electrons. The van der Waals surface area contributed by atoms with Crippen molar-refractivity contribution in [1.29, 1.82) is 0 Å². The highest BCUT2D eigenvalue weighted by Crippen LogP contribution is 2.12. The van der Waals surface area contributed by atoms with Crippen molar-refractivity contribution in [3.05, 3.63) is 35.6 Å². The Morgan fingerprint density at radius 3 is 2.50 bits per heavy atom. The van der Waals surface area contributed by atoms with Gasteiger partial charge in [0, 0.05) is 13.1 Å². The van der Waals surface area contributed by atoms with E-state index in [0.717, 1.165) is 18.7 Å². The summed E-state index contributed by atoms with van der Waals surface area (Å²) in [5, 5.41) is 6.92. The lowest BCUT2D eigenvalue weighted by Crippen LogP contribution is -2.39. The Morgan fingerprint density at radius 1 is 1.33 bits per heavy atom. The van der Waals surface area contributed by atoms with Crippen LogP contribution >= 0.6 is 12.2 Å². The van der Waals surface area contributed by atoms with Gasteiger partial charge in [-0.2, -0.15) is 0 Å². The Hall–Kier alpha value is -1.20. The fourth-order valence-corrected chi connectivity index (χ4v) is 1.75. The van der Waals surface area contributed by atoms with E-state index in [1.807, 2.05) is 21.0 Å². The number of hydrogen-bond acceptors (Lipinski definition) is 2. The Balaban J connectivity index is 2.37. The lowest BCUT2D eigenvalue weighted by Gasteiger charge is -2.18. The first-order valence-corrected chi connectivity index (χ1v) is 6.34. The summed E-state index contributed by atoms with van der Waals surface area (Å²) in [6.07, 6.45) is 0. The summed E-state index contributed by atoms with van der Waals surface area (Å²) >= 11 is 5.19. The van der Waals surface area contributed by atoms with Crippen LogP contribution in [0.5, 0.6) is 0 Å². The Morgan fingerprint density at radius 2 is 1.94 bits per heavy atom. The first kappa shape index (κ1) is 14.9. The van der Waals surface area contributed by atoms with E-state index in [1.54, 1.807) is 12.1 Å². The Bertz CT molecular complexity index is 378. The first-order valence-electron chi connectivity index (χ1n) is 5.93. The van der Waals surface area contributed by atoms with Crippen molar-refractivity contribution in [2.24, 2.45) is 0 Å². The van der Waals surface area contributed by atoms with Gasteiger partial charge in [0.25, 0.3) is 0 Å². The number of hydrogen-bond donors (Lipinski definition) is 2. The summed E-state index contributed by atoms with van der Waals surface area (Å²) in [5.41, 5.74) is 1.01. The van der Waals surface area contributed by atoms with Crippen molar-refractivity contribution in [3.8, 4) is 0 Å². The minimum Gasteiger partial charge on any atom is -0.361 e. The molecule has 18 heavy (non-hydrogen) atoms. The molecule has 0 fully saturated rings. The minimum absolute atomic E-state index is 0.0601. The van der Waals surface area contributed by atoms with E-state index in [9.17, 15) is 4.39 Å². The lowest BCUT2D eigenvalue weighted by molar-refractivity contribution is 0.412. The number of nitrogens with zero attached hydrogens (tertiary/aromatic N) is 1. The molecule has 5 heteroatoms. The van der Waals surface area contributed by atoms with Crippen molar-refractivity contribution in [2.75, 3.05) is 27.2 Å². The van der Waals surface area contributed by atoms with E-state index < -0.39 is 0 Å². The molecule has 1 rings (SSSR count). The number of nitrogens with one attached hydrogen (secondary N) is 2. The minimum atomic E-state index is -0.224. The van der Waals surface area contributed by atoms with Crippen molar-refractivity contribution in [3.63, 3.8) is 0 Å². The fraction of sp³-hybridized carbons (Fsp3) is 0.462. The summed E-state index contributed by atoms with van der Waals surface area (Å²) in [6, 6.07) is 6.49. The maximum absolute atomic E-state index is 12.8. The van der Waals surface area contributed by atoms with Crippen molar-refractivity contribution < 1.29 is 4.39 Å². The van der Waals surface area contributed by atoms with E-state index >= 15 is 0 Å². The molecule has 0 saturated carbocycles. The average molecular weight is 269 g/mol. The molecule has 0 amide bonds. The molecule has 1 aromatic rings. The van der Waals surface area contributed by atoms with Gasteiger partial charge in [0.15, 0.2) is 5.11 Å². The van der Waals surface area contributed by atoms with Crippen LogP contribution in [0.2, 0.25) is 0 Å². The Labute approximate surface area is 113 Å². The quantitative estimate of drug-likeness (QED) is 0.799. The average Bonchev–Trinajstić information content (AvgIpc) is 2.29. The van der Waals surface area contributed by atoms with Crippen LogP contribution in [0.4, 0.5) is 4.39 Å². The summed E-state index contributed by atoms with van der Waals surface area (Å²) in [5.74, 6) is -0.224. The van der Waals surface area contributed by atoms with Crippen LogP contribution in [0.1, 0.15) is 18.5 Å². The third-order valence-corrected chi connectivity index (χ3v) is 2.82. The monoisotopic (exact) mass is 269 g/mol. The van der Waals surface area contributed by atoms with Gasteiger partial charge in [-0.15, -0.1) is 0 Å². The molecular weight excluding hydrogens is 249 g/mol. The third kappa shape index (κ3) is 5.42. The number of rotatable bonds is 5. The summed E-state index contributed by atoms with van der Waals surface area (Å²) in [7, 11) is 4.03. The number of likely N-dealkylation sites (N-methyl/N-ethyl adjacent to an activating group) is 1. The predicted molar refractivity (Wildman–Crippen MR) is 77.1 cm³/mol. The van der Waals surface area contributed by atoms with Gasteiger partial charge in [0.05, 0.1) is 6.04 Å². The van der Waals surface area contributed by atoms with Crippen LogP contribution in [0.25, 0.3) is 0 Å². The fourth-order valence-electron chi connectivity index (χ4n) is 1.48. The second kappa shape index (κ2) is 7.28. The molecule has 0 aromatic heterocycles. The highest BCUT2D eigenvalue weighted by molar-refractivity contribution is 7.80. The van der Waals surface area contributed by atoms with E-state index in [2.05, 4.69) is 15.5 Å². The number of thiocarbonyl (C=S) groups is 1. The van der Waals surface area contributed by atoms with Crippen LogP contribution in [0.15, 0.2) is 24.3 Å². The van der Waals surface area contributed by atoms with E-state index in [4.69, 9.17) is 12.2 Å². The molecule has 0 spiro atoms. The largest absolute Gasteiger partial charge is 0.361 e. The molecule has 2 N–H and O–H groups in total. The van der Waals surface area contributed by atoms with Gasteiger partial charge in [-0.25, -0.2) is 4.39 Å². The zero-order chi connectivity index (χ0) is 13.5. The highest BCUT2D eigenvalue weighted by Gasteiger charge is 2.06. The lowest BCUT2D eigenvalue weighted by atomic mass is 10.1. The van der Waals surface area contributed by atoms with Crippen LogP contribution in [0.3, 0.4) is 0 Å². The molecule has 0 aliphatic carbocycles. The van der Waals surface area contributed by atoms with Gasteiger partial charge >= 0.3 is 0 Å². The summed E-state index contributed by atoms with van der Waals surface area (Å²) < 4.78 is 12.8. The van der Waals surface area contributed by atoms with Crippen LogP contribution in [-0.4, -0.2) is 37.2 Å². The molecule has 100 valence electrons. The van der Waals surface area contributed by atoms with E-state index in [0.29, 0.717) is 5.11 Å². The predicted octanol–water partition coefficient (Wildman–Crippen LogP) is 1.91. The molecule has 3 nitrogen and oxygen atoms in total. The number of halogens is 1. The second-order valence-electron chi connectivity index (χ2n) is 4.48. The molecule has 0 saturated heterocycles. The van der Waals surface area contributed by atoms with Crippen LogP contribution in [0, 0.1) is 5.82 Å². The zero-order valence-electron chi connectivity index (χ0n) is 11.0. The van der Waals surface area contributed by atoms with Gasteiger partial charge in [-0.3, -0.25) is 0 Å². The second-order valence-corrected chi connectivity index (χ2v) is 4.89. The normalized spacial score (nSPS) is 12.3. The molecule has 0 aliphatic heterocycles. The topological polar surface area (TPSA) is 27.3 Å². The molecule has 0 unspecified atom stereocenters. The standard InChI is InChI=1S/C13H20FN3S/c1-10(11-4-6-12(14)7-5-11)16-13(18)15-8-9-17(2)3/h4-7,10H,8-9H2,1-3H3,(H2,15,16,18)/t10-/m0/s1. The third-order valence-electron chi connectivity index (χ3n) is 2.56. The molecule has 0 heterocycles. The molecular formula is C13H20FN3S. The van der Waals surface area contributed by atoms with Crippen molar-refractivity contribution in [1.82, 2.24) is 15.5 Å². The molecule has 0 bridgehead atoms. The first-order chi connectivity index (χ1) is 8.49. The number of benzene rings is 1. The summed E-state index contributed by atoms with van der Waals surface area (Å²) in [4.78, 5) is 2.08. The van der Waals surface area contributed by atoms with E-state index in [-0.39, 0.29) is 11.9 Å². The van der Waals surface area contributed by atoms with Gasteiger partial charge in [0.2, 0.25) is 0 Å². The van der Waals surface area contributed by atoms with Gasteiger partial charge in [-0.1, -0.05) is 12.1 Å². The zero-order valence-corrected chi connectivity index (χ0v) is 11.9. The van der Waals surface area contributed by atoms with Crippen molar-refractivity contribution in [2.45, 2.75) is 13.0 Å². The maximum Gasteiger partial charge on any atom is 0.166 e. The molecule has 1 aromatic carbocycles. The van der Waals surface area contributed by atoms with Crippen molar-refractivity contribution >= 4 is 17.3 Å². The molecule has 0 aliphatic rings. The SMILES string of the molecule is C[C@H](NC(=S)NCCN(C)C)c1ccc(F)cc1. The smallest absolute Gasteiger partial charge is 0.166 e. The van der Waals surface area contributed by atoms with Gasteiger partial charge in [-0.05, 0) is 50.9 Å². The van der Waals surface area contributed by atoms with E-state index in [1.165, 1.54) is 12.1 Å². The van der Waals surface area contributed by atoms with Gasteiger partial charge < -0.3 is 15.5 Å². The van der Waals surface area contributed by atoms with Crippen LogP contribution < -0.4 is 10.6 Å². The highest BCUT2D eigenvalue weighted by atomic mass is 32.1. The van der Waals surface area contributed by atoms with Gasteiger partial charge in [0.1, 0.15) is 5.82 Å². The Kier molecular flexibility index (Phi) is 6.01.